The Hall–Kier alpha value is -2.57. The maximum atomic E-state index is 6.97. The van der Waals surface area contributed by atoms with Gasteiger partial charge >= 0.3 is 0 Å². The van der Waals surface area contributed by atoms with Crippen LogP contribution in [-0.4, -0.2) is 27.8 Å². The number of pyridine rings is 1. The Morgan fingerprint density at radius 1 is 1.03 bits per heavy atom. The quantitative estimate of drug-likeness (QED) is 0.348. The van der Waals surface area contributed by atoms with E-state index in [1.807, 2.05) is 18.3 Å². The number of rotatable bonds is 5. The van der Waals surface area contributed by atoms with E-state index in [0.29, 0.717) is 23.0 Å². The van der Waals surface area contributed by atoms with Gasteiger partial charge in [0.15, 0.2) is 5.11 Å². The highest BCUT2D eigenvalue weighted by Crippen LogP contribution is 2.44. The van der Waals surface area contributed by atoms with Gasteiger partial charge in [0.05, 0.1) is 28.5 Å². The molecule has 0 unspecified atom stereocenters. The van der Waals surface area contributed by atoms with Crippen molar-refractivity contribution in [3.8, 4) is 0 Å². The zero-order valence-corrected chi connectivity index (χ0v) is 23.3. The lowest BCUT2D eigenvalue weighted by Gasteiger charge is -2.37. The normalized spacial score (nSPS) is 26.6. The first-order chi connectivity index (χ1) is 18.0. The monoisotopic (exact) mass is 533 g/mol. The van der Waals surface area contributed by atoms with E-state index in [1.54, 1.807) is 0 Å². The van der Waals surface area contributed by atoms with Gasteiger partial charge in [-0.05, 0) is 85.3 Å². The van der Waals surface area contributed by atoms with E-state index in [4.69, 9.17) is 28.8 Å². The summed E-state index contributed by atoms with van der Waals surface area (Å²) < 4.78 is 2.41. The Kier molecular flexibility index (Phi) is 6.89. The van der Waals surface area contributed by atoms with Gasteiger partial charge in [0, 0.05) is 43.4 Å². The summed E-state index contributed by atoms with van der Waals surface area (Å²) in [7, 11) is 0. The van der Waals surface area contributed by atoms with Gasteiger partial charge in [-0.2, -0.15) is 0 Å². The fourth-order valence-electron chi connectivity index (χ4n) is 6.77. The van der Waals surface area contributed by atoms with E-state index in [2.05, 4.69) is 76.3 Å². The lowest BCUT2D eigenvalue weighted by Crippen LogP contribution is -2.38. The van der Waals surface area contributed by atoms with Crippen LogP contribution >= 0.6 is 23.8 Å². The molecule has 1 N–H and O–H groups in total. The van der Waals surface area contributed by atoms with Crippen LogP contribution in [0.3, 0.4) is 0 Å². The van der Waals surface area contributed by atoms with E-state index in [1.165, 1.54) is 37.7 Å². The van der Waals surface area contributed by atoms with E-state index in [0.717, 1.165) is 35.2 Å². The molecule has 6 rings (SSSR count). The largest absolute Gasteiger partial charge is 0.370 e. The molecule has 37 heavy (non-hydrogen) atoms. The maximum absolute atomic E-state index is 6.97. The van der Waals surface area contributed by atoms with Crippen LogP contribution in [0.25, 0.3) is 0 Å². The predicted molar refractivity (Wildman–Crippen MR) is 156 cm³/mol. The topological polar surface area (TPSA) is 36.3 Å². The van der Waals surface area contributed by atoms with Gasteiger partial charge < -0.3 is 19.7 Å². The second-order valence-corrected chi connectivity index (χ2v) is 12.1. The fraction of sp³-hybridized carbons (Fsp3) is 0.467. The third kappa shape index (κ3) is 4.86. The molecule has 2 aliphatic heterocycles. The number of piperidine rings is 1. The minimum atomic E-state index is -0.0460. The molecule has 3 aromatic rings. The molecule has 3 aliphatic rings. The summed E-state index contributed by atoms with van der Waals surface area (Å²) in [6, 6.07) is 15.3. The minimum Gasteiger partial charge on any atom is -0.370 e. The van der Waals surface area contributed by atoms with Crippen molar-refractivity contribution < 1.29 is 0 Å². The van der Waals surface area contributed by atoms with Crippen molar-refractivity contribution in [2.75, 3.05) is 22.9 Å². The Morgan fingerprint density at radius 3 is 2.51 bits per heavy atom. The highest BCUT2D eigenvalue weighted by molar-refractivity contribution is 7.80. The third-order valence-corrected chi connectivity index (χ3v) is 8.96. The first-order valence-electron chi connectivity index (χ1n) is 13.7. The molecule has 2 saturated heterocycles. The number of hydrogen-bond donors (Lipinski definition) is 1. The SMILES string of the molecule is C[C@@H]1C[C@@H](C)CN(c2ccc(N3C(=S)N[C@@H](c4ccccn4)[C@@H]3c3ccn(C4CCCC4)c3)cc2Cl)C1. The van der Waals surface area contributed by atoms with Crippen LogP contribution in [0.5, 0.6) is 0 Å². The van der Waals surface area contributed by atoms with E-state index in [9.17, 15) is 0 Å². The number of benzene rings is 1. The molecular formula is C30H36ClN5S. The lowest BCUT2D eigenvalue weighted by molar-refractivity contribution is 0.357. The van der Waals surface area contributed by atoms with Crippen LogP contribution in [0.2, 0.25) is 5.02 Å². The van der Waals surface area contributed by atoms with Gasteiger partial charge in [-0.25, -0.2) is 0 Å². The molecule has 4 atom stereocenters. The van der Waals surface area contributed by atoms with Gasteiger partial charge in [-0.15, -0.1) is 0 Å². The molecule has 2 aromatic heterocycles. The predicted octanol–water partition coefficient (Wildman–Crippen LogP) is 7.31. The van der Waals surface area contributed by atoms with Crippen molar-refractivity contribution in [2.45, 2.75) is 64.1 Å². The molecule has 3 fully saturated rings. The zero-order valence-electron chi connectivity index (χ0n) is 21.7. The molecule has 4 heterocycles. The average Bonchev–Trinajstić information content (AvgIpc) is 3.63. The highest BCUT2D eigenvalue weighted by Gasteiger charge is 2.41. The van der Waals surface area contributed by atoms with Crippen LogP contribution in [0.4, 0.5) is 11.4 Å². The number of nitrogens with one attached hydrogen (secondary N) is 1. The van der Waals surface area contributed by atoms with Gasteiger partial charge in [-0.1, -0.05) is 44.4 Å². The second kappa shape index (κ2) is 10.3. The Bertz CT molecular complexity index is 1240. The number of hydrogen-bond acceptors (Lipinski definition) is 3. The molecule has 194 valence electrons. The van der Waals surface area contributed by atoms with Crippen LogP contribution < -0.4 is 15.1 Å². The van der Waals surface area contributed by atoms with Crippen LogP contribution in [-0.2, 0) is 0 Å². The molecule has 0 spiro atoms. The summed E-state index contributed by atoms with van der Waals surface area (Å²) in [6.45, 7) is 6.76. The van der Waals surface area contributed by atoms with Crippen molar-refractivity contribution in [1.29, 1.82) is 0 Å². The molecule has 0 bridgehead atoms. The number of nitrogens with zero attached hydrogens (tertiary/aromatic N) is 4. The Labute approximate surface area is 230 Å². The van der Waals surface area contributed by atoms with Crippen LogP contribution in [0, 0.1) is 11.8 Å². The summed E-state index contributed by atoms with van der Waals surface area (Å²) in [6.07, 6.45) is 12.8. The number of aromatic nitrogens is 2. The third-order valence-electron chi connectivity index (χ3n) is 8.34. The number of thiocarbonyl (C=S) groups is 1. The molecule has 1 saturated carbocycles. The fourth-order valence-corrected chi connectivity index (χ4v) is 7.41. The van der Waals surface area contributed by atoms with Gasteiger partial charge in [0.25, 0.3) is 0 Å². The highest BCUT2D eigenvalue weighted by atomic mass is 35.5. The number of halogens is 1. The van der Waals surface area contributed by atoms with Crippen molar-refractivity contribution in [1.82, 2.24) is 14.9 Å². The molecule has 1 aromatic carbocycles. The van der Waals surface area contributed by atoms with Crippen molar-refractivity contribution in [2.24, 2.45) is 11.8 Å². The second-order valence-electron chi connectivity index (χ2n) is 11.3. The van der Waals surface area contributed by atoms with E-state index < -0.39 is 0 Å². The van der Waals surface area contributed by atoms with Crippen LogP contribution in [0.1, 0.15) is 75.3 Å². The minimum absolute atomic E-state index is 0.0120. The molecular weight excluding hydrogens is 498 g/mol. The van der Waals surface area contributed by atoms with Gasteiger partial charge in [0.2, 0.25) is 0 Å². The number of anilines is 2. The standard InChI is InChI=1S/C30H36ClN5S/c1-20-15-21(2)18-35(17-20)27-11-10-24(16-25(27)31)36-29(22-12-14-34(19-22)23-7-3-4-8-23)28(33-30(36)37)26-9-5-6-13-32-26/h5-6,9-14,16,19-21,23,28-29H,3-4,7-8,15,17-18H2,1-2H3,(H,33,37)/t20-,21-,28+,29+/m1/s1. The van der Waals surface area contributed by atoms with E-state index in [-0.39, 0.29) is 12.1 Å². The summed E-state index contributed by atoms with van der Waals surface area (Å²) in [5.74, 6) is 1.34. The van der Waals surface area contributed by atoms with Crippen molar-refractivity contribution >= 4 is 40.3 Å². The first kappa shape index (κ1) is 24.7. The van der Waals surface area contributed by atoms with Crippen LogP contribution in [0.15, 0.2) is 61.1 Å². The summed E-state index contributed by atoms with van der Waals surface area (Å²) in [5, 5.41) is 5.08. The summed E-state index contributed by atoms with van der Waals surface area (Å²) in [5.41, 5.74) is 4.37. The summed E-state index contributed by atoms with van der Waals surface area (Å²) >= 11 is 12.9. The Morgan fingerprint density at radius 2 is 1.81 bits per heavy atom. The molecule has 7 heteroatoms. The smallest absolute Gasteiger partial charge is 0.174 e. The first-order valence-corrected chi connectivity index (χ1v) is 14.5. The molecule has 5 nitrogen and oxygen atoms in total. The Balaban J connectivity index is 1.36. The van der Waals surface area contributed by atoms with Crippen molar-refractivity contribution in [3.05, 3.63) is 77.3 Å². The van der Waals surface area contributed by atoms with Crippen molar-refractivity contribution in [3.63, 3.8) is 0 Å². The molecule has 0 radical (unpaired) electrons. The van der Waals surface area contributed by atoms with E-state index >= 15 is 0 Å². The average molecular weight is 534 g/mol. The molecule has 0 amide bonds. The van der Waals surface area contributed by atoms with Gasteiger partial charge in [-0.3, -0.25) is 4.98 Å². The molecule has 1 aliphatic carbocycles. The lowest BCUT2D eigenvalue weighted by atomic mass is 9.91. The maximum Gasteiger partial charge on any atom is 0.174 e. The zero-order chi connectivity index (χ0) is 25.5. The summed E-state index contributed by atoms with van der Waals surface area (Å²) in [4.78, 5) is 9.38. The van der Waals surface area contributed by atoms with Gasteiger partial charge in [0.1, 0.15) is 0 Å².